The number of nitrogens with zero attached hydrogens (tertiary/aromatic N) is 1. The molecule has 2 aliphatic heterocycles. The zero-order chi connectivity index (χ0) is 23.1. The molecule has 2 aliphatic rings. The van der Waals surface area contributed by atoms with Crippen molar-refractivity contribution in [1.82, 2.24) is 0 Å². The van der Waals surface area contributed by atoms with Crippen LogP contribution in [0.15, 0.2) is 60.7 Å². The number of benzene rings is 3. The van der Waals surface area contributed by atoms with Gasteiger partial charge in [0, 0.05) is 29.9 Å². The van der Waals surface area contributed by atoms with Crippen molar-refractivity contribution in [3.8, 4) is 11.5 Å². The van der Waals surface area contributed by atoms with E-state index in [2.05, 4.69) is 10.6 Å². The van der Waals surface area contributed by atoms with Crippen LogP contribution in [-0.4, -0.2) is 30.4 Å². The summed E-state index contributed by atoms with van der Waals surface area (Å²) >= 11 is 0. The van der Waals surface area contributed by atoms with Crippen molar-refractivity contribution < 1.29 is 28.7 Å². The van der Waals surface area contributed by atoms with E-state index in [0.717, 1.165) is 4.90 Å². The third kappa shape index (κ3) is 3.65. The van der Waals surface area contributed by atoms with Crippen molar-refractivity contribution in [3.63, 3.8) is 0 Å². The van der Waals surface area contributed by atoms with Gasteiger partial charge >= 0.3 is 0 Å². The molecule has 3 aromatic carbocycles. The van der Waals surface area contributed by atoms with Gasteiger partial charge in [-0.25, -0.2) is 4.90 Å². The van der Waals surface area contributed by atoms with Gasteiger partial charge in [0.05, 0.1) is 16.8 Å². The molecular formula is C24H17N3O6. The maximum atomic E-state index is 13.0. The molecule has 4 amide bonds. The van der Waals surface area contributed by atoms with Gasteiger partial charge in [-0.15, -0.1) is 0 Å². The second kappa shape index (κ2) is 7.79. The van der Waals surface area contributed by atoms with Crippen LogP contribution in [-0.2, 0) is 4.79 Å². The van der Waals surface area contributed by atoms with Gasteiger partial charge in [-0.2, -0.15) is 0 Å². The third-order valence-corrected chi connectivity index (χ3v) is 5.23. The van der Waals surface area contributed by atoms with Gasteiger partial charge in [0.25, 0.3) is 17.7 Å². The monoisotopic (exact) mass is 443 g/mol. The Morgan fingerprint density at radius 3 is 2.24 bits per heavy atom. The van der Waals surface area contributed by atoms with Crippen LogP contribution in [0.1, 0.15) is 38.0 Å². The molecule has 2 N–H and O–H groups in total. The van der Waals surface area contributed by atoms with Crippen LogP contribution in [0.2, 0.25) is 0 Å². The first kappa shape index (κ1) is 20.3. The molecule has 0 unspecified atom stereocenters. The average Bonchev–Trinajstić information content (AvgIpc) is 3.36. The summed E-state index contributed by atoms with van der Waals surface area (Å²) in [7, 11) is 0. The van der Waals surface area contributed by atoms with Crippen molar-refractivity contribution >= 4 is 40.7 Å². The summed E-state index contributed by atoms with van der Waals surface area (Å²) < 4.78 is 10.6. The van der Waals surface area contributed by atoms with Crippen LogP contribution in [0, 0.1) is 0 Å². The molecule has 0 spiro atoms. The van der Waals surface area contributed by atoms with E-state index in [1.54, 1.807) is 42.5 Å². The van der Waals surface area contributed by atoms with E-state index in [4.69, 9.17) is 9.47 Å². The van der Waals surface area contributed by atoms with Gasteiger partial charge in [0.15, 0.2) is 11.5 Å². The Hall–Kier alpha value is -4.66. The van der Waals surface area contributed by atoms with Crippen LogP contribution < -0.4 is 25.0 Å². The van der Waals surface area contributed by atoms with Crippen LogP contribution in [0.3, 0.4) is 0 Å². The minimum atomic E-state index is -0.528. The topological polar surface area (TPSA) is 114 Å². The number of imide groups is 1. The number of hydrogen-bond donors (Lipinski definition) is 2. The van der Waals surface area contributed by atoms with Crippen molar-refractivity contribution in [2.75, 3.05) is 22.3 Å². The highest BCUT2D eigenvalue weighted by Crippen LogP contribution is 2.34. The fourth-order valence-electron chi connectivity index (χ4n) is 3.69. The zero-order valence-corrected chi connectivity index (χ0v) is 17.4. The molecule has 2 heterocycles. The standard InChI is InChI=1S/C24H17N3O6/c1-13(28)25-15-3-6-17(7-4-15)27-23(30)18-8-2-14(10-19(18)24(27)31)22(29)26-16-5-9-20-21(11-16)33-12-32-20/h2-11H,12H2,1H3,(H,25,28)(H,26,29). The molecule has 0 atom stereocenters. The molecular weight excluding hydrogens is 426 g/mol. The number of rotatable bonds is 4. The highest BCUT2D eigenvalue weighted by molar-refractivity contribution is 6.34. The number of fused-ring (bicyclic) bond motifs is 2. The summed E-state index contributed by atoms with van der Waals surface area (Å²) in [6.45, 7) is 1.51. The first-order chi connectivity index (χ1) is 15.9. The number of carbonyl (C=O) groups is 4. The van der Waals surface area contributed by atoms with Crippen molar-refractivity contribution in [2.24, 2.45) is 0 Å². The zero-order valence-electron chi connectivity index (χ0n) is 17.4. The lowest BCUT2D eigenvalue weighted by Gasteiger charge is -2.14. The number of anilines is 3. The molecule has 5 rings (SSSR count). The second-order valence-electron chi connectivity index (χ2n) is 7.46. The Bertz CT molecular complexity index is 1330. The van der Waals surface area contributed by atoms with E-state index < -0.39 is 17.7 Å². The van der Waals surface area contributed by atoms with E-state index in [0.29, 0.717) is 28.6 Å². The number of hydrogen-bond acceptors (Lipinski definition) is 6. The summed E-state index contributed by atoms with van der Waals surface area (Å²) in [5.74, 6) is -0.544. The summed E-state index contributed by atoms with van der Waals surface area (Å²) in [4.78, 5) is 50.8. The highest BCUT2D eigenvalue weighted by Gasteiger charge is 2.37. The van der Waals surface area contributed by atoms with Crippen molar-refractivity contribution in [3.05, 3.63) is 77.4 Å². The SMILES string of the molecule is CC(=O)Nc1ccc(N2C(=O)c3ccc(C(=O)Nc4ccc5c(c4)OCO5)cc3C2=O)cc1. The minimum Gasteiger partial charge on any atom is -0.454 e. The van der Waals surface area contributed by atoms with Crippen LogP contribution in [0.5, 0.6) is 11.5 Å². The highest BCUT2D eigenvalue weighted by atomic mass is 16.7. The first-order valence-corrected chi connectivity index (χ1v) is 10.0. The lowest BCUT2D eigenvalue weighted by Crippen LogP contribution is -2.29. The Labute approximate surface area is 187 Å². The Morgan fingerprint density at radius 2 is 1.48 bits per heavy atom. The lowest BCUT2D eigenvalue weighted by atomic mass is 10.1. The van der Waals surface area contributed by atoms with E-state index in [1.807, 2.05) is 0 Å². The van der Waals surface area contributed by atoms with Crippen molar-refractivity contribution in [1.29, 1.82) is 0 Å². The molecule has 0 fully saturated rings. The van der Waals surface area contributed by atoms with E-state index in [9.17, 15) is 19.2 Å². The fourth-order valence-corrected chi connectivity index (χ4v) is 3.69. The summed E-state index contributed by atoms with van der Waals surface area (Å²) in [5, 5.41) is 5.38. The second-order valence-corrected chi connectivity index (χ2v) is 7.46. The number of ether oxygens (including phenoxy) is 2. The number of nitrogens with one attached hydrogen (secondary N) is 2. The van der Waals surface area contributed by atoms with Gasteiger partial charge in [-0.1, -0.05) is 0 Å². The molecule has 9 nitrogen and oxygen atoms in total. The molecule has 164 valence electrons. The third-order valence-electron chi connectivity index (χ3n) is 5.23. The largest absolute Gasteiger partial charge is 0.454 e. The van der Waals surface area contributed by atoms with Crippen molar-refractivity contribution in [2.45, 2.75) is 6.92 Å². The summed E-state index contributed by atoms with van der Waals surface area (Å²) in [6.07, 6.45) is 0. The quantitative estimate of drug-likeness (QED) is 0.598. The van der Waals surface area contributed by atoms with Crippen LogP contribution in [0.25, 0.3) is 0 Å². The predicted octanol–water partition coefficient (Wildman–Crippen LogP) is 3.43. The molecule has 0 saturated carbocycles. The smallest absolute Gasteiger partial charge is 0.266 e. The molecule has 0 bridgehead atoms. The minimum absolute atomic E-state index is 0.125. The lowest BCUT2D eigenvalue weighted by molar-refractivity contribution is -0.114. The van der Waals surface area contributed by atoms with Gasteiger partial charge in [-0.3, -0.25) is 19.2 Å². The fraction of sp³-hybridized carbons (Fsp3) is 0.0833. The van der Waals surface area contributed by atoms with E-state index in [-0.39, 0.29) is 29.4 Å². The molecule has 33 heavy (non-hydrogen) atoms. The Kier molecular flexibility index (Phi) is 4.78. The molecule has 3 aromatic rings. The molecule has 0 saturated heterocycles. The Morgan fingerprint density at radius 1 is 0.788 bits per heavy atom. The molecule has 0 radical (unpaired) electrons. The average molecular weight is 443 g/mol. The van der Waals surface area contributed by atoms with Gasteiger partial charge in [0.2, 0.25) is 12.7 Å². The summed E-state index contributed by atoms with van der Waals surface area (Å²) in [5.41, 5.74) is 2.00. The van der Waals surface area contributed by atoms with E-state index in [1.165, 1.54) is 25.1 Å². The van der Waals surface area contributed by atoms with Gasteiger partial charge in [-0.05, 0) is 54.6 Å². The molecule has 0 aliphatic carbocycles. The van der Waals surface area contributed by atoms with Crippen LogP contribution >= 0.6 is 0 Å². The normalized spacial score (nSPS) is 13.7. The molecule has 0 aromatic heterocycles. The van der Waals surface area contributed by atoms with Gasteiger partial charge < -0.3 is 20.1 Å². The van der Waals surface area contributed by atoms with Crippen LogP contribution in [0.4, 0.5) is 17.1 Å². The number of amides is 4. The maximum Gasteiger partial charge on any atom is 0.266 e. The predicted molar refractivity (Wildman–Crippen MR) is 119 cm³/mol. The van der Waals surface area contributed by atoms with E-state index >= 15 is 0 Å². The molecule has 9 heteroatoms. The van der Waals surface area contributed by atoms with Gasteiger partial charge in [0.1, 0.15) is 0 Å². The summed E-state index contributed by atoms with van der Waals surface area (Å²) in [6, 6.07) is 15.7. The Balaban J connectivity index is 1.37. The number of carbonyl (C=O) groups excluding carboxylic acids is 4. The first-order valence-electron chi connectivity index (χ1n) is 10.0. The maximum absolute atomic E-state index is 13.0.